The molecule has 3 N–H and O–H groups in total. The second-order valence-electron chi connectivity index (χ2n) is 9.92. The molecule has 4 aromatic rings. The number of carbonyl (C=O) groups is 4. The minimum Gasteiger partial charge on any atom is -0.321 e. The van der Waals surface area contributed by atoms with Crippen molar-refractivity contribution in [1.29, 1.82) is 0 Å². The molecule has 0 fully saturated rings. The van der Waals surface area contributed by atoms with E-state index >= 15 is 0 Å². The minimum absolute atomic E-state index is 0.00662. The fraction of sp³-hybridized carbons (Fsp3) is 0.0882. The first-order valence-electron chi connectivity index (χ1n) is 13.9. The van der Waals surface area contributed by atoms with Crippen LogP contribution in [0, 0.1) is 0 Å². The molecule has 4 aromatic carbocycles. The predicted octanol–water partition coefficient (Wildman–Crippen LogP) is 6.10. The molecule has 1 heterocycles. The van der Waals surface area contributed by atoms with Crippen LogP contribution in [0.2, 0.25) is 5.02 Å². The number of benzene rings is 4. The zero-order valence-corrected chi connectivity index (χ0v) is 25.6. The van der Waals surface area contributed by atoms with Gasteiger partial charge in [0.05, 0.1) is 17.4 Å². The molecule has 11 heteroatoms. The zero-order chi connectivity index (χ0) is 31.8. The average molecular weight is 638 g/mol. The topological polar surface area (TPSA) is 120 Å². The normalized spacial score (nSPS) is 13.6. The fourth-order valence-electron chi connectivity index (χ4n) is 4.25. The highest BCUT2D eigenvalue weighted by molar-refractivity contribution is 8.00. The van der Waals surface area contributed by atoms with Gasteiger partial charge in [-0.15, -0.1) is 11.8 Å². The van der Waals surface area contributed by atoms with Crippen molar-refractivity contribution in [2.24, 2.45) is 5.10 Å². The summed E-state index contributed by atoms with van der Waals surface area (Å²) in [4.78, 5) is 52.2. The number of para-hydroxylation sites is 1. The molecule has 45 heavy (non-hydrogen) atoms. The molecule has 1 aliphatic heterocycles. The van der Waals surface area contributed by atoms with Crippen LogP contribution in [0.4, 0.5) is 11.4 Å². The fourth-order valence-corrected chi connectivity index (χ4v) is 5.25. The zero-order valence-electron chi connectivity index (χ0n) is 24.1. The molecule has 9 nitrogen and oxygen atoms in total. The van der Waals surface area contributed by atoms with E-state index in [0.717, 1.165) is 4.90 Å². The number of nitrogens with one attached hydrogen (secondary N) is 3. The van der Waals surface area contributed by atoms with Gasteiger partial charge < -0.3 is 16.0 Å². The van der Waals surface area contributed by atoms with Crippen molar-refractivity contribution in [3.63, 3.8) is 0 Å². The molecule has 4 amide bonds. The predicted molar refractivity (Wildman–Crippen MR) is 178 cm³/mol. The Hall–Kier alpha value is -5.19. The number of anilines is 2. The highest BCUT2D eigenvalue weighted by atomic mass is 35.5. The first-order valence-corrected chi connectivity index (χ1v) is 15.2. The van der Waals surface area contributed by atoms with Crippen molar-refractivity contribution in [2.45, 2.75) is 23.5 Å². The summed E-state index contributed by atoms with van der Waals surface area (Å²) in [6.07, 6.45) is 1.57. The molecule has 0 saturated carbocycles. The molecule has 0 aromatic heterocycles. The number of nitrogens with zero attached hydrogens (tertiary/aromatic N) is 2. The van der Waals surface area contributed by atoms with Gasteiger partial charge in [0.1, 0.15) is 11.5 Å². The lowest BCUT2D eigenvalue weighted by Gasteiger charge is -2.13. The van der Waals surface area contributed by atoms with Crippen molar-refractivity contribution in [1.82, 2.24) is 10.6 Å². The van der Waals surface area contributed by atoms with Gasteiger partial charge in [-0.3, -0.25) is 19.2 Å². The van der Waals surface area contributed by atoms with Crippen LogP contribution in [-0.2, 0) is 14.4 Å². The molecule has 0 aliphatic carbocycles. The van der Waals surface area contributed by atoms with E-state index in [0.29, 0.717) is 33.4 Å². The summed E-state index contributed by atoms with van der Waals surface area (Å²) in [5.74, 6) is -1.16. The van der Waals surface area contributed by atoms with E-state index < -0.39 is 17.1 Å². The Morgan fingerprint density at radius 3 is 2.18 bits per heavy atom. The summed E-state index contributed by atoms with van der Waals surface area (Å²) in [6, 6.07) is 31.5. The summed E-state index contributed by atoms with van der Waals surface area (Å²) in [5.41, 5.74) is 2.27. The number of halogens is 1. The van der Waals surface area contributed by atoms with Gasteiger partial charge in [0, 0.05) is 21.2 Å². The van der Waals surface area contributed by atoms with Crippen molar-refractivity contribution in [3.8, 4) is 0 Å². The van der Waals surface area contributed by atoms with Crippen LogP contribution in [0.1, 0.15) is 29.3 Å². The van der Waals surface area contributed by atoms with Crippen molar-refractivity contribution >= 4 is 70.3 Å². The van der Waals surface area contributed by atoms with E-state index in [9.17, 15) is 19.2 Å². The molecule has 0 saturated heterocycles. The maximum atomic E-state index is 13.3. The molecule has 0 bridgehead atoms. The van der Waals surface area contributed by atoms with Crippen LogP contribution in [0.3, 0.4) is 0 Å². The summed E-state index contributed by atoms with van der Waals surface area (Å²) in [5, 5.41) is 13.9. The van der Waals surface area contributed by atoms with Gasteiger partial charge >= 0.3 is 0 Å². The second kappa shape index (κ2) is 14.5. The number of thioether (sulfide) groups is 1. The highest BCUT2D eigenvalue weighted by Crippen LogP contribution is 2.26. The van der Waals surface area contributed by atoms with E-state index in [1.165, 1.54) is 16.8 Å². The summed E-state index contributed by atoms with van der Waals surface area (Å²) >= 11 is 7.32. The lowest BCUT2D eigenvalue weighted by atomic mass is 10.1. The number of amides is 4. The Morgan fingerprint density at radius 1 is 0.867 bits per heavy atom. The smallest absolute Gasteiger partial charge is 0.272 e. The quantitative estimate of drug-likeness (QED) is 0.151. The van der Waals surface area contributed by atoms with Gasteiger partial charge in [0.15, 0.2) is 0 Å². The number of hydrazone groups is 1. The Labute approximate surface area is 269 Å². The molecular weight excluding hydrogens is 610 g/mol. The van der Waals surface area contributed by atoms with E-state index in [1.807, 2.05) is 18.2 Å². The van der Waals surface area contributed by atoms with Crippen LogP contribution < -0.4 is 21.0 Å². The van der Waals surface area contributed by atoms with E-state index in [2.05, 4.69) is 21.1 Å². The van der Waals surface area contributed by atoms with E-state index in [-0.39, 0.29) is 23.9 Å². The molecule has 1 atom stereocenters. The third-order valence-corrected chi connectivity index (χ3v) is 7.91. The van der Waals surface area contributed by atoms with Crippen molar-refractivity contribution in [3.05, 3.63) is 131 Å². The lowest BCUT2D eigenvalue weighted by Crippen LogP contribution is -2.35. The van der Waals surface area contributed by atoms with Gasteiger partial charge in [-0.2, -0.15) is 10.1 Å². The molecule has 226 valence electrons. The maximum Gasteiger partial charge on any atom is 0.272 e. The van der Waals surface area contributed by atoms with Gasteiger partial charge in [0.2, 0.25) is 5.91 Å². The van der Waals surface area contributed by atoms with Crippen LogP contribution in [0.15, 0.2) is 125 Å². The molecule has 1 unspecified atom stereocenters. The molecular formula is C34H28ClN5O4S. The Bertz CT molecular complexity index is 1760. The minimum atomic E-state index is -0.515. The number of rotatable bonds is 9. The van der Waals surface area contributed by atoms with Crippen LogP contribution in [-0.4, -0.2) is 34.7 Å². The number of amidine groups is 1. The van der Waals surface area contributed by atoms with Crippen LogP contribution in [0.5, 0.6) is 0 Å². The summed E-state index contributed by atoms with van der Waals surface area (Å²) in [7, 11) is 0. The first kappa shape index (κ1) is 31.2. The van der Waals surface area contributed by atoms with Gasteiger partial charge in [-0.25, -0.2) is 0 Å². The monoisotopic (exact) mass is 637 g/mol. The number of hydrogen-bond acceptors (Lipinski definition) is 6. The SMILES string of the molecule is CC(Sc1ccc(NC(=O)/C(=C/c2ccc(Cl)cc2)NC(=O)c2ccccc2)cc1)C(=O)NC1=NN(c2ccccc2)C(=O)C1. The number of hydrogen-bond donors (Lipinski definition) is 3. The largest absolute Gasteiger partial charge is 0.321 e. The van der Waals surface area contributed by atoms with Crippen molar-refractivity contribution < 1.29 is 19.2 Å². The molecule has 5 rings (SSSR count). The Morgan fingerprint density at radius 2 is 1.51 bits per heavy atom. The highest BCUT2D eigenvalue weighted by Gasteiger charge is 2.27. The Balaban J connectivity index is 1.21. The van der Waals surface area contributed by atoms with E-state index in [1.54, 1.807) is 104 Å². The molecule has 0 spiro atoms. The second-order valence-corrected chi connectivity index (χ2v) is 11.8. The average Bonchev–Trinajstić information content (AvgIpc) is 3.42. The Kier molecular flexibility index (Phi) is 10.1. The van der Waals surface area contributed by atoms with Crippen molar-refractivity contribution in [2.75, 3.05) is 10.3 Å². The van der Waals surface area contributed by atoms with Gasteiger partial charge in [-0.05, 0) is 79.2 Å². The number of carbonyl (C=O) groups excluding carboxylic acids is 4. The third-order valence-electron chi connectivity index (χ3n) is 6.55. The standard InChI is InChI=1S/C34H28ClN5O4S/c1-22(32(42)38-30-21-31(41)40(39-30)27-10-6-3-7-11-27)45-28-18-16-26(17-19-28)36-34(44)29(20-23-12-14-25(35)15-13-23)37-33(43)24-8-4-2-5-9-24/h2-20,22H,21H2,1H3,(H,36,44)(H,37,43)(H,38,39,42)/b29-20-. The van der Waals surface area contributed by atoms with Crippen LogP contribution in [0.25, 0.3) is 6.08 Å². The van der Waals surface area contributed by atoms with Gasteiger partial charge in [0.25, 0.3) is 17.7 Å². The third kappa shape index (κ3) is 8.47. The summed E-state index contributed by atoms with van der Waals surface area (Å²) < 4.78 is 0. The summed E-state index contributed by atoms with van der Waals surface area (Å²) in [6.45, 7) is 1.76. The van der Waals surface area contributed by atoms with Gasteiger partial charge in [-0.1, -0.05) is 60.1 Å². The lowest BCUT2D eigenvalue weighted by molar-refractivity contribution is -0.119. The molecule has 0 radical (unpaired) electrons. The maximum absolute atomic E-state index is 13.3. The van der Waals surface area contributed by atoms with E-state index in [4.69, 9.17) is 11.6 Å². The van der Waals surface area contributed by atoms with Crippen LogP contribution >= 0.6 is 23.4 Å². The molecule has 1 aliphatic rings. The first-order chi connectivity index (χ1) is 21.7.